The summed E-state index contributed by atoms with van der Waals surface area (Å²) in [5.41, 5.74) is 0. The van der Waals surface area contributed by atoms with E-state index in [4.69, 9.17) is 16.3 Å². The topological polar surface area (TPSA) is 26.3 Å². The maximum absolute atomic E-state index is 11.2. The molecule has 15 heavy (non-hydrogen) atoms. The summed E-state index contributed by atoms with van der Waals surface area (Å²) < 4.78 is 5.41. The lowest BCUT2D eigenvalue weighted by atomic mass is 9.75. The lowest BCUT2D eigenvalue weighted by molar-refractivity contribution is -0.152. The largest absolute Gasteiger partial charge is 0.461 e. The van der Waals surface area contributed by atoms with Gasteiger partial charge < -0.3 is 4.74 Å². The van der Waals surface area contributed by atoms with Crippen LogP contribution >= 0.6 is 11.6 Å². The van der Waals surface area contributed by atoms with Crippen molar-refractivity contribution in [2.75, 3.05) is 5.88 Å². The van der Waals surface area contributed by atoms with Crippen molar-refractivity contribution in [1.82, 2.24) is 0 Å². The minimum atomic E-state index is -0.276. The first-order chi connectivity index (χ1) is 7.04. The highest BCUT2D eigenvalue weighted by Crippen LogP contribution is 2.35. The molecule has 3 atom stereocenters. The van der Waals surface area contributed by atoms with Crippen LogP contribution in [0.3, 0.4) is 0 Å². The predicted molar refractivity (Wildman–Crippen MR) is 61.9 cm³/mol. The molecule has 0 spiro atoms. The lowest BCUT2D eigenvalue weighted by Crippen LogP contribution is -2.36. The average molecular weight is 233 g/mol. The van der Waals surface area contributed by atoms with Crippen LogP contribution in [0.4, 0.5) is 0 Å². The molecule has 0 amide bonds. The predicted octanol–water partition coefficient (Wildman–Crippen LogP) is 3.23. The van der Waals surface area contributed by atoms with Crippen molar-refractivity contribution in [1.29, 1.82) is 0 Å². The van der Waals surface area contributed by atoms with Crippen LogP contribution in [0.1, 0.15) is 40.0 Å². The molecule has 1 rings (SSSR count). The molecule has 88 valence electrons. The molecule has 0 unspecified atom stereocenters. The highest BCUT2D eigenvalue weighted by atomic mass is 35.5. The zero-order chi connectivity index (χ0) is 11.4. The van der Waals surface area contributed by atoms with Gasteiger partial charge in [-0.1, -0.05) is 27.2 Å². The second-order valence-electron chi connectivity index (χ2n) is 4.99. The number of hydrogen-bond acceptors (Lipinski definition) is 2. The molecule has 0 radical (unpaired) electrons. The van der Waals surface area contributed by atoms with Gasteiger partial charge in [-0.2, -0.15) is 0 Å². The Bertz CT molecular complexity index is 216. The molecule has 1 fully saturated rings. The fraction of sp³-hybridized carbons (Fsp3) is 0.917. The molecule has 2 nitrogen and oxygen atoms in total. The number of esters is 1. The zero-order valence-corrected chi connectivity index (χ0v) is 10.6. The van der Waals surface area contributed by atoms with E-state index in [1.807, 2.05) is 0 Å². The molecule has 0 saturated heterocycles. The van der Waals surface area contributed by atoms with Gasteiger partial charge in [0.2, 0.25) is 0 Å². The molecule has 0 bridgehead atoms. The fourth-order valence-corrected chi connectivity index (χ4v) is 2.51. The van der Waals surface area contributed by atoms with Crippen molar-refractivity contribution in [3.63, 3.8) is 0 Å². The summed E-state index contributed by atoms with van der Waals surface area (Å²) in [6.45, 7) is 6.61. The fourth-order valence-electron chi connectivity index (χ4n) is 2.45. The number of rotatable bonds is 3. The van der Waals surface area contributed by atoms with Crippen LogP contribution < -0.4 is 0 Å². The number of halogens is 1. The van der Waals surface area contributed by atoms with Gasteiger partial charge in [-0.05, 0) is 30.6 Å². The van der Waals surface area contributed by atoms with Crippen LogP contribution in [0.25, 0.3) is 0 Å². The summed E-state index contributed by atoms with van der Waals surface area (Å²) in [4.78, 5) is 11.2. The highest BCUT2D eigenvalue weighted by molar-refractivity contribution is 6.26. The monoisotopic (exact) mass is 232 g/mol. The third-order valence-corrected chi connectivity index (χ3v) is 3.57. The van der Waals surface area contributed by atoms with E-state index in [0.29, 0.717) is 17.8 Å². The van der Waals surface area contributed by atoms with E-state index in [-0.39, 0.29) is 18.0 Å². The molecule has 0 aromatic heterocycles. The summed E-state index contributed by atoms with van der Waals surface area (Å²) >= 11 is 5.46. The first-order valence-electron chi connectivity index (χ1n) is 5.80. The Kier molecular flexibility index (Phi) is 4.91. The Labute approximate surface area is 97.3 Å². The van der Waals surface area contributed by atoms with E-state index in [9.17, 15) is 4.79 Å². The Morgan fingerprint density at radius 3 is 2.67 bits per heavy atom. The summed E-state index contributed by atoms with van der Waals surface area (Å²) in [6.07, 6.45) is 3.49. The quantitative estimate of drug-likeness (QED) is 0.552. The van der Waals surface area contributed by atoms with Gasteiger partial charge in [0.1, 0.15) is 12.0 Å². The van der Waals surface area contributed by atoms with E-state index in [1.165, 1.54) is 12.8 Å². The van der Waals surface area contributed by atoms with Gasteiger partial charge in [0.05, 0.1) is 0 Å². The Hall–Kier alpha value is -0.240. The number of carbonyl (C=O) groups excluding carboxylic acids is 1. The van der Waals surface area contributed by atoms with Crippen LogP contribution in [0.15, 0.2) is 0 Å². The summed E-state index contributed by atoms with van der Waals surface area (Å²) in [6, 6.07) is 0. The van der Waals surface area contributed by atoms with Crippen LogP contribution in [0.2, 0.25) is 0 Å². The highest BCUT2D eigenvalue weighted by Gasteiger charge is 2.33. The Morgan fingerprint density at radius 2 is 2.13 bits per heavy atom. The van der Waals surface area contributed by atoms with Crippen LogP contribution in [-0.2, 0) is 9.53 Å². The zero-order valence-electron chi connectivity index (χ0n) is 9.83. The first-order valence-corrected chi connectivity index (χ1v) is 6.33. The molecule has 0 heterocycles. The van der Waals surface area contributed by atoms with E-state index < -0.39 is 0 Å². The standard InChI is InChI=1S/C12H21ClO2/c1-8(2)10-5-4-9(3)6-11(10)15-12(14)7-13/h8-11H,4-7H2,1-3H3/t9-,10+,11-/m1/s1. The summed E-state index contributed by atoms with van der Waals surface area (Å²) in [5.74, 6) is 1.43. The number of ether oxygens (including phenoxy) is 1. The number of alkyl halides is 1. The Morgan fingerprint density at radius 1 is 1.47 bits per heavy atom. The van der Waals surface area contributed by atoms with Gasteiger partial charge in [0, 0.05) is 0 Å². The lowest BCUT2D eigenvalue weighted by Gasteiger charge is -2.36. The number of carbonyl (C=O) groups is 1. The molecule has 0 aromatic carbocycles. The average Bonchev–Trinajstić information content (AvgIpc) is 2.17. The molecule has 1 aliphatic carbocycles. The summed E-state index contributed by atoms with van der Waals surface area (Å²) in [7, 11) is 0. The molecule has 0 N–H and O–H groups in total. The molecular formula is C12H21ClO2. The molecule has 1 saturated carbocycles. The van der Waals surface area contributed by atoms with Crippen LogP contribution in [0, 0.1) is 17.8 Å². The van der Waals surface area contributed by atoms with Crippen molar-refractivity contribution >= 4 is 17.6 Å². The van der Waals surface area contributed by atoms with Crippen LogP contribution in [-0.4, -0.2) is 18.0 Å². The van der Waals surface area contributed by atoms with Crippen molar-refractivity contribution in [3.8, 4) is 0 Å². The minimum absolute atomic E-state index is 0.0320. The Balaban J connectivity index is 2.57. The van der Waals surface area contributed by atoms with Gasteiger partial charge in [-0.3, -0.25) is 4.79 Å². The van der Waals surface area contributed by atoms with Crippen molar-refractivity contribution in [3.05, 3.63) is 0 Å². The second-order valence-corrected chi connectivity index (χ2v) is 5.26. The summed E-state index contributed by atoms with van der Waals surface area (Å²) in [5, 5.41) is 0. The van der Waals surface area contributed by atoms with Gasteiger partial charge >= 0.3 is 5.97 Å². The van der Waals surface area contributed by atoms with E-state index in [2.05, 4.69) is 20.8 Å². The molecular weight excluding hydrogens is 212 g/mol. The smallest absolute Gasteiger partial charge is 0.321 e. The van der Waals surface area contributed by atoms with E-state index in [1.54, 1.807) is 0 Å². The molecule has 1 aliphatic rings. The first kappa shape index (κ1) is 12.8. The van der Waals surface area contributed by atoms with Crippen molar-refractivity contribution < 1.29 is 9.53 Å². The SMILES string of the molecule is CC(C)[C@@H]1CC[C@@H](C)C[C@H]1OC(=O)CCl. The second kappa shape index (κ2) is 5.74. The van der Waals surface area contributed by atoms with E-state index in [0.717, 1.165) is 6.42 Å². The van der Waals surface area contributed by atoms with Crippen molar-refractivity contribution in [2.45, 2.75) is 46.1 Å². The maximum Gasteiger partial charge on any atom is 0.321 e. The number of hydrogen-bond donors (Lipinski definition) is 0. The molecule has 3 heteroatoms. The van der Waals surface area contributed by atoms with Crippen LogP contribution in [0.5, 0.6) is 0 Å². The normalized spacial score (nSPS) is 31.7. The third kappa shape index (κ3) is 3.67. The van der Waals surface area contributed by atoms with Crippen molar-refractivity contribution in [2.24, 2.45) is 17.8 Å². The minimum Gasteiger partial charge on any atom is -0.461 e. The van der Waals surface area contributed by atoms with Gasteiger partial charge in [-0.25, -0.2) is 0 Å². The molecule has 0 aromatic rings. The van der Waals surface area contributed by atoms with E-state index >= 15 is 0 Å². The third-order valence-electron chi connectivity index (χ3n) is 3.35. The maximum atomic E-state index is 11.2. The van der Waals surface area contributed by atoms with Gasteiger partial charge in [0.15, 0.2) is 0 Å². The van der Waals surface area contributed by atoms with Gasteiger partial charge in [0.25, 0.3) is 0 Å². The molecule has 0 aliphatic heterocycles. The van der Waals surface area contributed by atoms with Gasteiger partial charge in [-0.15, -0.1) is 11.6 Å².